The van der Waals surface area contributed by atoms with E-state index in [1.807, 2.05) is 0 Å². The summed E-state index contributed by atoms with van der Waals surface area (Å²) in [5, 5.41) is 0. The number of hydrogen-bond acceptors (Lipinski definition) is 1. The van der Waals surface area contributed by atoms with Gasteiger partial charge in [0, 0.05) is 0 Å². The van der Waals surface area contributed by atoms with Crippen LogP contribution >= 0.6 is 0 Å². The third-order valence-electron chi connectivity index (χ3n) is 6.08. The molecule has 126 valence electrons. The van der Waals surface area contributed by atoms with E-state index in [0.29, 0.717) is 0 Å². The first-order valence-corrected chi connectivity index (χ1v) is 8.98. The zero-order valence-corrected chi connectivity index (χ0v) is 16.3. The lowest BCUT2D eigenvalue weighted by atomic mass is 9.74. The Morgan fingerprint density at radius 1 is 0.818 bits per heavy atom. The number of benzene rings is 1. The molecule has 1 nitrogen and oxygen atoms in total. The van der Waals surface area contributed by atoms with Crippen LogP contribution in [0.3, 0.4) is 0 Å². The van der Waals surface area contributed by atoms with Gasteiger partial charge in [0.15, 0.2) is 0 Å². The molecule has 0 fully saturated rings. The summed E-state index contributed by atoms with van der Waals surface area (Å²) >= 11 is 0. The third kappa shape index (κ3) is 3.50. The second-order valence-electron chi connectivity index (χ2n) is 7.35. The van der Waals surface area contributed by atoms with Crippen LogP contribution in [0.1, 0.15) is 89.5 Å². The van der Waals surface area contributed by atoms with Crippen molar-refractivity contribution in [3.05, 3.63) is 28.3 Å². The van der Waals surface area contributed by atoms with E-state index in [1.54, 1.807) is 0 Å². The van der Waals surface area contributed by atoms with E-state index in [9.17, 15) is 0 Å². The van der Waals surface area contributed by atoms with Crippen molar-refractivity contribution in [2.75, 3.05) is 0 Å². The molecule has 0 atom stereocenters. The van der Waals surface area contributed by atoms with Gasteiger partial charge in [-0.3, -0.25) is 0 Å². The Morgan fingerprint density at radius 2 is 1.32 bits per heavy atom. The molecule has 0 radical (unpaired) electrons. The minimum Gasteiger partial charge on any atom is -0.487 e. The van der Waals surface area contributed by atoms with Crippen LogP contribution < -0.4 is 4.74 Å². The Kier molecular flexibility index (Phi) is 6.12. The highest BCUT2D eigenvalue weighted by atomic mass is 16.5. The SMILES string of the molecule is CCC(C)(CC)Oc1c(C)cc(C(C)(CC)CC)c(C)c1C. The van der Waals surface area contributed by atoms with Gasteiger partial charge in [-0.05, 0) is 81.0 Å². The van der Waals surface area contributed by atoms with Crippen molar-refractivity contribution in [3.63, 3.8) is 0 Å². The standard InChI is InChI=1S/C21H36O/c1-10-20(8,11-2)18-14-15(5)19(17(7)16(18)6)22-21(9,12-3)13-4/h14H,10-13H2,1-9H3. The minimum atomic E-state index is -0.0672. The molecule has 1 aromatic carbocycles. The van der Waals surface area contributed by atoms with Gasteiger partial charge in [-0.2, -0.15) is 0 Å². The van der Waals surface area contributed by atoms with Crippen molar-refractivity contribution in [2.24, 2.45) is 0 Å². The number of ether oxygens (including phenoxy) is 1. The van der Waals surface area contributed by atoms with Gasteiger partial charge < -0.3 is 4.74 Å². The van der Waals surface area contributed by atoms with Crippen molar-refractivity contribution >= 4 is 0 Å². The summed E-state index contributed by atoms with van der Waals surface area (Å²) in [5.41, 5.74) is 5.69. The van der Waals surface area contributed by atoms with Crippen LogP contribution in [0.5, 0.6) is 5.75 Å². The Morgan fingerprint density at radius 3 is 1.73 bits per heavy atom. The molecule has 1 aromatic rings. The second kappa shape index (κ2) is 7.06. The summed E-state index contributed by atoms with van der Waals surface area (Å²) in [6.07, 6.45) is 4.41. The first-order chi connectivity index (χ1) is 10.2. The first kappa shape index (κ1) is 19.1. The summed E-state index contributed by atoms with van der Waals surface area (Å²) in [5.74, 6) is 1.10. The lowest BCUT2D eigenvalue weighted by molar-refractivity contribution is 0.0784. The summed E-state index contributed by atoms with van der Waals surface area (Å²) < 4.78 is 6.48. The van der Waals surface area contributed by atoms with Gasteiger partial charge in [0.2, 0.25) is 0 Å². The molecule has 0 amide bonds. The van der Waals surface area contributed by atoms with Gasteiger partial charge in [-0.1, -0.05) is 40.7 Å². The van der Waals surface area contributed by atoms with Gasteiger partial charge >= 0.3 is 0 Å². The lowest BCUT2D eigenvalue weighted by Gasteiger charge is -2.34. The molecule has 0 aliphatic carbocycles. The topological polar surface area (TPSA) is 9.23 Å². The Bertz CT molecular complexity index is 505. The fourth-order valence-corrected chi connectivity index (χ4v) is 3.11. The summed E-state index contributed by atoms with van der Waals surface area (Å²) in [6, 6.07) is 2.37. The maximum atomic E-state index is 6.48. The van der Waals surface area contributed by atoms with Crippen molar-refractivity contribution in [2.45, 2.75) is 99.0 Å². The molecule has 0 spiro atoms. The van der Waals surface area contributed by atoms with Gasteiger partial charge in [-0.15, -0.1) is 0 Å². The molecular formula is C21H36O. The quantitative estimate of drug-likeness (QED) is 0.548. The maximum absolute atomic E-state index is 6.48. The van der Waals surface area contributed by atoms with Crippen LogP contribution in [0.4, 0.5) is 0 Å². The van der Waals surface area contributed by atoms with E-state index in [4.69, 9.17) is 4.74 Å². The van der Waals surface area contributed by atoms with Crippen molar-refractivity contribution in [3.8, 4) is 5.75 Å². The molecule has 1 heteroatoms. The number of rotatable bonds is 7. The summed E-state index contributed by atoms with van der Waals surface area (Å²) in [7, 11) is 0. The van der Waals surface area contributed by atoms with Crippen LogP contribution in [-0.4, -0.2) is 5.60 Å². The molecule has 0 aromatic heterocycles. The van der Waals surface area contributed by atoms with Crippen LogP contribution in [-0.2, 0) is 5.41 Å². The fraction of sp³-hybridized carbons (Fsp3) is 0.714. The summed E-state index contributed by atoms with van der Waals surface area (Å²) in [6.45, 7) is 20.3. The zero-order valence-electron chi connectivity index (χ0n) is 16.3. The Balaban J connectivity index is 3.40. The predicted molar refractivity (Wildman–Crippen MR) is 98.2 cm³/mol. The molecular weight excluding hydrogens is 268 g/mol. The smallest absolute Gasteiger partial charge is 0.126 e. The van der Waals surface area contributed by atoms with Crippen LogP contribution in [0.2, 0.25) is 0 Å². The third-order valence-corrected chi connectivity index (χ3v) is 6.08. The summed E-state index contributed by atoms with van der Waals surface area (Å²) in [4.78, 5) is 0. The van der Waals surface area contributed by atoms with Gasteiger partial charge in [0.05, 0.1) is 0 Å². The molecule has 0 aliphatic heterocycles. The monoisotopic (exact) mass is 304 g/mol. The van der Waals surface area contributed by atoms with Crippen LogP contribution in [0.15, 0.2) is 6.07 Å². The molecule has 0 saturated heterocycles. The largest absolute Gasteiger partial charge is 0.487 e. The van der Waals surface area contributed by atoms with E-state index in [-0.39, 0.29) is 11.0 Å². The van der Waals surface area contributed by atoms with E-state index >= 15 is 0 Å². The van der Waals surface area contributed by atoms with Crippen LogP contribution in [0.25, 0.3) is 0 Å². The highest BCUT2D eigenvalue weighted by Crippen LogP contribution is 2.40. The molecule has 0 aliphatic rings. The molecule has 0 N–H and O–H groups in total. The van der Waals surface area contributed by atoms with Crippen molar-refractivity contribution < 1.29 is 4.74 Å². The normalized spacial score (nSPS) is 12.6. The van der Waals surface area contributed by atoms with Crippen LogP contribution in [0, 0.1) is 20.8 Å². The average Bonchev–Trinajstić information content (AvgIpc) is 2.53. The molecule has 0 unspecified atom stereocenters. The molecule has 0 saturated carbocycles. The zero-order chi connectivity index (χ0) is 17.1. The van der Waals surface area contributed by atoms with E-state index < -0.39 is 0 Å². The number of aryl methyl sites for hydroxylation is 1. The van der Waals surface area contributed by atoms with E-state index in [0.717, 1.165) is 18.6 Å². The Hall–Kier alpha value is -0.980. The molecule has 0 bridgehead atoms. The van der Waals surface area contributed by atoms with Gasteiger partial charge in [-0.25, -0.2) is 0 Å². The minimum absolute atomic E-state index is 0.0672. The Labute approximate surface area is 138 Å². The second-order valence-corrected chi connectivity index (χ2v) is 7.35. The van der Waals surface area contributed by atoms with E-state index in [1.165, 1.54) is 35.1 Å². The number of hydrogen-bond donors (Lipinski definition) is 0. The highest BCUT2D eigenvalue weighted by Gasteiger charge is 2.29. The molecule has 1 rings (SSSR count). The molecule has 22 heavy (non-hydrogen) atoms. The lowest BCUT2D eigenvalue weighted by Crippen LogP contribution is -2.31. The first-order valence-electron chi connectivity index (χ1n) is 8.98. The predicted octanol–water partition coefficient (Wildman–Crippen LogP) is 6.65. The highest BCUT2D eigenvalue weighted by molar-refractivity contribution is 5.51. The fourth-order valence-electron chi connectivity index (χ4n) is 3.11. The van der Waals surface area contributed by atoms with Gasteiger partial charge in [0.1, 0.15) is 11.4 Å². The average molecular weight is 305 g/mol. The van der Waals surface area contributed by atoms with Crippen molar-refractivity contribution in [1.29, 1.82) is 0 Å². The maximum Gasteiger partial charge on any atom is 0.126 e. The van der Waals surface area contributed by atoms with Gasteiger partial charge in [0.25, 0.3) is 0 Å². The molecule has 0 heterocycles. The van der Waals surface area contributed by atoms with E-state index in [2.05, 4.69) is 68.4 Å². The van der Waals surface area contributed by atoms with Crippen molar-refractivity contribution in [1.82, 2.24) is 0 Å².